The summed E-state index contributed by atoms with van der Waals surface area (Å²) in [5.41, 5.74) is 11.3. The van der Waals surface area contributed by atoms with E-state index < -0.39 is 47.1 Å². The van der Waals surface area contributed by atoms with Gasteiger partial charge in [-0.05, 0) is 29.2 Å². The molecular formula is C20H27N4O7PS. The lowest BCUT2D eigenvalue weighted by molar-refractivity contribution is -0.145. The van der Waals surface area contributed by atoms with Crippen LogP contribution in [0.15, 0.2) is 59.6 Å². The number of nitrogens with one attached hydrogen (secondary N) is 1. The summed E-state index contributed by atoms with van der Waals surface area (Å²) < 4.78 is 45.7. The van der Waals surface area contributed by atoms with Gasteiger partial charge in [0.25, 0.3) is 0 Å². The lowest BCUT2D eigenvalue weighted by Gasteiger charge is -2.28. The van der Waals surface area contributed by atoms with E-state index in [4.69, 9.17) is 16.0 Å². The molecule has 11 nitrogen and oxygen atoms in total. The first-order valence-corrected chi connectivity index (χ1v) is 13.1. The Kier molecular flexibility index (Phi) is 8.76. The molecule has 0 saturated carbocycles. The standard InChI is InChI=1S/C20H27N4O7PS/c1-13(2)18(24-33(29,30)12-14-7-4-3-5-8-14)32(27,28)31-17(19(25)26)15-9-6-10-16(11-15)23-20(21)22/h3-11,13,17-18,24H,12H2,1-2H3,(H,25,26)(H,27,28)(H4,21,22,23). The summed E-state index contributed by atoms with van der Waals surface area (Å²) >= 11 is 0. The van der Waals surface area contributed by atoms with Crippen molar-refractivity contribution in [2.24, 2.45) is 22.4 Å². The van der Waals surface area contributed by atoms with E-state index in [9.17, 15) is 27.8 Å². The average molecular weight is 498 g/mol. The van der Waals surface area contributed by atoms with Gasteiger partial charge in [-0.25, -0.2) is 18.2 Å². The lowest BCUT2D eigenvalue weighted by Crippen LogP contribution is -2.40. The van der Waals surface area contributed by atoms with Crippen molar-refractivity contribution in [3.63, 3.8) is 0 Å². The molecule has 33 heavy (non-hydrogen) atoms. The molecule has 0 radical (unpaired) electrons. The number of sulfonamides is 1. The minimum atomic E-state index is -4.83. The van der Waals surface area contributed by atoms with Crippen LogP contribution in [0.4, 0.5) is 5.69 Å². The molecule has 0 aromatic heterocycles. The second-order valence-electron chi connectivity index (χ2n) is 7.57. The van der Waals surface area contributed by atoms with Crippen molar-refractivity contribution in [2.45, 2.75) is 31.5 Å². The van der Waals surface area contributed by atoms with E-state index in [1.165, 1.54) is 38.1 Å². The van der Waals surface area contributed by atoms with Crippen LogP contribution in [0.3, 0.4) is 0 Å². The van der Waals surface area contributed by atoms with Gasteiger partial charge in [-0.3, -0.25) is 9.09 Å². The van der Waals surface area contributed by atoms with Crippen LogP contribution in [0.1, 0.15) is 31.1 Å². The van der Waals surface area contributed by atoms with Crippen molar-refractivity contribution in [1.82, 2.24) is 4.72 Å². The van der Waals surface area contributed by atoms with Gasteiger partial charge < -0.3 is 21.5 Å². The molecule has 3 atom stereocenters. The zero-order valence-electron chi connectivity index (χ0n) is 18.0. The maximum absolute atomic E-state index is 13.1. The number of hydrogen-bond acceptors (Lipinski definition) is 6. The zero-order chi connectivity index (χ0) is 24.8. The number of nitrogens with two attached hydrogens (primary N) is 2. The Bertz CT molecular complexity index is 1150. The van der Waals surface area contributed by atoms with Gasteiger partial charge in [0.1, 0.15) is 5.78 Å². The highest BCUT2D eigenvalue weighted by atomic mass is 32.2. The van der Waals surface area contributed by atoms with E-state index in [2.05, 4.69) is 9.71 Å². The van der Waals surface area contributed by atoms with Crippen molar-refractivity contribution in [2.75, 3.05) is 0 Å². The van der Waals surface area contributed by atoms with Crippen LogP contribution < -0.4 is 16.2 Å². The van der Waals surface area contributed by atoms with Crippen LogP contribution in [-0.4, -0.2) is 36.1 Å². The van der Waals surface area contributed by atoms with Gasteiger partial charge in [0.2, 0.25) is 10.0 Å². The Morgan fingerprint density at radius 3 is 2.33 bits per heavy atom. The van der Waals surface area contributed by atoms with Gasteiger partial charge >= 0.3 is 13.6 Å². The number of aliphatic carboxylic acids is 1. The summed E-state index contributed by atoms with van der Waals surface area (Å²) in [4.78, 5) is 26.3. The Hall–Kier alpha value is -2.76. The van der Waals surface area contributed by atoms with Crippen molar-refractivity contribution >= 4 is 35.2 Å². The van der Waals surface area contributed by atoms with Gasteiger partial charge in [0.15, 0.2) is 12.1 Å². The number of aliphatic imine (C=N–C) groups is 1. The lowest BCUT2D eigenvalue weighted by atomic mass is 10.1. The average Bonchev–Trinajstić information content (AvgIpc) is 2.70. The Balaban J connectivity index is 2.32. The maximum atomic E-state index is 13.1. The Labute approximate surface area is 192 Å². The van der Waals surface area contributed by atoms with Gasteiger partial charge in [0, 0.05) is 0 Å². The first-order valence-electron chi connectivity index (χ1n) is 9.78. The molecule has 2 aromatic rings. The monoisotopic (exact) mass is 498 g/mol. The van der Waals surface area contributed by atoms with E-state index >= 15 is 0 Å². The largest absolute Gasteiger partial charge is 0.479 e. The second kappa shape index (κ2) is 10.9. The number of hydrogen-bond donors (Lipinski definition) is 5. The first kappa shape index (κ1) is 26.5. The van der Waals surface area contributed by atoms with Crippen LogP contribution >= 0.6 is 7.60 Å². The van der Waals surface area contributed by atoms with Crippen molar-refractivity contribution in [3.05, 3.63) is 65.7 Å². The number of carboxylic acids is 1. The zero-order valence-corrected chi connectivity index (χ0v) is 19.7. The minimum absolute atomic E-state index is 0.00563. The molecule has 0 aliphatic heterocycles. The van der Waals surface area contributed by atoms with Gasteiger partial charge in [-0.1, -0.05) is 56.3 Å². The molecular weight excluding hydrogens is 471 g/mol. The van der Waals surface area contributed by atoms with E-state index in [-0.39, 0.29) is 17.2 Å². The fourth-order valence-electron chi connectivity index (χ4n) is 2.97. The highest BCUT2D eigenvalue weighted by Gasteiger charge is 2.42. The molecule has 0 bridgehead atoms. The molecule has 0 fully saturated rings. The molecule has 0 aliphatic rings. The van der Waals surface area contributed by atoms with Crippen molar-refractivity contribution < 1.29 is 32.3 Å². The third-order valence-electron chi connectivity index (χ3n) is 4.39. The molecule has 0 spiro atoms. The first-order chi connectivity index (χ1) is 15.3. The fourth-order valence-corrected chi connectivity index (χ4v) is 6.74. The predicted octanol–water partition coefficient (Wildman–Crippen LogP) is 2.02. The molecule has 0 amide bonds. The van der Waals surface area contributed by atoms with E-state index in [0.717, 1.165) is 0 Å². The number of rotatable bonds is 11. The fraction of sp³-hybridized carbons (Fsp3) is 0.300. The third kappa shape index (κ3) is 7.95. The van der Waals surface area contributed by atoms with Crippen LogP contribution in [0.5, 0.6) is 0 Å². The van der Waals surface area contributed by atoms with Crippen LogP contribution in [0.25, 0.3) is 0 Å². The SMILES string of the molecule is CC(C)C(NS(=O)(=O)Cc1ccccc1)P(=O)(O)OC(C(=O)O)c1cccc(N=C(N)N)c1. The van der Waals surface area contributed by atoms with Gasteiger partial charge in [-0.2, -0.15) is 4.72 Å². The molecule has 180 valence electrons. The number of nitrogens with zero attached hydrogens (tertiary/aromatic N) is 1. The van der Waals surface area contributed by atoms with Crippen LogP contribution in [-0.2, 0) is 29.7 Å². The smallest absolute Gasteiger partial charge is 0.347 e. The topological polar surface area (TPSA) is 194 Å². The quantitative estimate of drug-likeness (QED) is 0.175. The number of guanidine groups is 1. The predicted molar refractivity (Wildman–Crippen MR) is 124 cm³/mol. The van der Waals surface area contributed by atoms with Crippen LogP contribution in [0, 0.1) is 5.92 Å². The molecule has 0 heterocycles. The summed E-state index contributed by atoms with van der Waals surface area (Å²) in [6.07, 6.45) is -1.88. The number of benzene rings is 2. The normalized spacial score (nSPS) is 15.4. The summed E-state index contributed by atoms with van der Waals surface area (Å²) in [5.74, 6) is -4.54. The number of carboxylic acid groups (broad SMARTS) is 1. The second-order valence-corrected chi connectivity index (χ2v) is 11.2. The van der Waals surface area contributed by atoms with Gasteiger partial charge in [-0.15, -0.1) is 0 Å². The van der Waals surface area contributed by atoms with E-state index in [1.807, 2.05) is 0 Å². The minimum Gasteiger partial charge on any atom is -0.479 e. The maximum Gasteiger partial charge on any atom is 0.347 e. The van der Waals surface area contributed by atoms with E-state index in [0.29, 0.717) is 5.56 Å². The van der Waals surface area contributed by atoms with Gasteiger partial charge in [0.05, 0.1) is 11.4 Å². The Morgan fingerprint density at radius 2 is 1.79 bits per heavy atom. The third-order valence-corrected chi connectivity index (χ3v) is 7.84. The summed E-state index contributed by atoms with van der Waals surface area (Å²) in [7, 11) is -8.89. The van der Waals surface area contributed by atoms with Crippen molar-refractivity contribution in [3.8, 4) is 0 Å². The summed E-state index contributed by atoms with van der Waals surface area (Å²) in [5, 5.41) is 9.63. The molecule has 3 unspecified atom stereocenters. The highest BCUT2D eigenvalue weighted by molar-refractivity contribution is 7.89. The van der Waals surface area contributed by atoms with E-state index in [1.54, 1.807) is 30.3 Å². The summed E-state index contributed by atoms with van der Waals surface area (Å²) in [6, 6.07) is 13.8. The Morgan fingerprint density at radius 1 is 1.15 bits per heavy atom. The summed E-state index contributed by atoms with van der Waals surface area (Å²) in [6.45, 7) is 3.02. The molecule has 13 heteroatoms. The molecule has 0 saturated heterocycles. The van der Waals surface area contributed by atoms with Crippen LogP contribution in [0.2, 0.25) is 0 Å². The molecule has 2 aromatic carbocycles. The molecule has 2 rings (SSSR count). The molecule has 7 N–H and O–H groups in total. The number of carbonyl (C=O) groups is 1. The highest BCUT2D eigenvalue weighted by Crippen LogP contribution is 2.53. The molecule has 0 aliphatic carbocycles. The van der Waals surface area contributed by atoms with Crippen molar-refractivity contribution in [1.29, 1.82) is 0 Å².